The number of rotatable bonds is 3. The molecule has 17 heavy (non-hydrogen) atoms. The van der Waals surface area contributed by atoms with Crippen molar-refractivity contribution < 1.29 is 5.11 Å². The Hall–Kier alpha value is -1.38. The number of hydrogen-bond donors (Lipinski definition) is 1. The second-order valence-corrected chi connectivity index (χ2v) is 4.69. The van der Waals surface area contributed by atoms with Gasteiger partial charge < -0.3 is 5.11 Å². The van der Waals surface area contributed by atoms with E-state index in [4.69, 9.17) is 0 Å². The van der Waals surface area contributed by atoms with Crippen molar-refractivity contribution in [1.29, 1.82) is 0 Å². The summed E-state index contributed by atoms with van der Waals surface area (Å²) in [4.78, 5) is 0. The maximum Gasteiger partial charge on any atom is 0.0975 e. The molecule has 0 saturated carbocycles. The van der Waals surface area contributed by atoms with Gasteiger partial charge in [0.1, 0.15) is 0 Å². The lowest BCUT2D eigenvalue weighted by Gasteiger charge is -2.06. The molecule has 2 heteroatoms. The largest absolute Gasteiger partial charge is 0.384 e. The molecular weight excluding hydrogens is 276 g/mol. The molecule has 0 heterocycles. The monoisotopic (exact) mass is 288 g/mol. The summed E-state index contributed by atoms with van der Waals surface area (Å²) in [7, 11) is 0. The molecule has 1 nitrogen and oxygen atoms in total. The first-order chi connectivity index (χ1) is 8.25. The lowest BCUT2D eigenvalue weighted by atomic mass is 10.1. The van der Waals surface area contributed by atoms with Crippen molar-refractivity contribution in [2.45, 2.75) is 6.10 Å². The summed E-state index contributed by atoms with van der Waals surface area (Å²) in [5.74, 6) is 0. The van der Waals surface area contributed by atoms with Crippen molar-refractivity contribution in [2.75, 3.05) is 0 Å². The topological polar surface area (TPSA) is 20.2 Å². The fraction of sp³-hybridized carbons (Fsp3) is 0.0667. The van der Waals surface area contributed by atoms with E-state index < -0.39 is 6.10 Å². The summed E-state index contributed by atoms with van der Waals surface area (Å²) < 4.78 is 0.974. The van der Waals surface area contributed by atoms with E-state index >= 15 is 0 Å². The van der Waals surface area contributed by atoms with E-state index in [0.717, 1.165) is 15.6 Å². The molecule has 0 aliphatic carbocycles. The molecule has 0 spiro atoms. The normalized spacial score (nSPS) is 12.8. The highest BCUT2D eigenvalue weighted by atomic mass is 79.9. The molecule has 0 aliphatic heterocycles. The molecular formula is C15H13BrO. The molecule has 0 fully saturated rings. The molecule has 0 aliphatic rings. The van der Waals surface area contributed by atoms with Gasteiger partial charge in [0.25, 0.3) is 0 Å². The van der Waals surface area contributed by atoms with Gasteiger partial charge in [-0.3, -0.25) is 0 Å². The Balaban J connectivity index is 2.12. The highest BCUT2D eigenvalue weighted by Gasteiger charge is 2.02. The zero-order valence-electron chi connectivity index (χ0n) is 9.25. The molecule has 0 radical (unpaired) electrons. The van der Waals surface area contributed by atoms with Gasteiger partial charge >= 0.3 is 0 Å². The number of hydrogen-bond acceptors (Lipinski definition) is 1. The van der Waals surface area contributed by atoms with Crippen LogP contribution in [0.5, 0.6) is 0 Å². The Morgan fingerprint density at radius 2 is 1.76 bits per heavy atom. The lowest BCUT2D eigenvalue weighted by molar-refractivity contribution is 0.229. The van der Waals surface area contributed by atoms with Gasteiger partial charge in [-0.05, 0) is 23.3 Å². The smallest absolute Gasteiger partial charge is 0.0975 e. The van der Waals surface area contributed by atoms with E-state index in [1.165, 1.54) is 0 Å². The van der Waals surface area contributed by atoms with Gasteiger partial charge in [0.15, 0.2) is 0 Å². The predicted octanol–water partition coefficient (Wildman–Crippen LogP) is 4.20. The van der Waals surface area contributed by atoms with E-state index in [9.17, 15) is 5.11 Å². The second kappa shape index (κ2) is 5.80. The molecule has 0 aromatic heterocycles. The van der Waals surface area contributed by atoms with Crippen LogP contribution in [0.15, 0.2) is 65.1 Å². The fourth-order valence-electron chi connectivity index (χ4n) is 1.57. The first-order valence-electron chi connectivity index (χ1n) is 5.42. The van der Waals surface area contributed by atoms with Gasteiger partial charge in [-0.2, -0.15) is 0 Å². The van der Waals surface area contributed by atoms with Crippen LogP contribution in [-0.4, -0.2) is 5.11 Å². The third-order valence-corrected chi connectivity index (χ3v) is 2.95. The van der Waals surface area contributed by atoms with Crippen LogP contribution in [0, 0.1) is 0 Å². The van der Waals surface area contributed by atoms with Crippen LogP contribution in [0.1, 0.15) is 17.2 Å². The van der Waals surface area contributed by atoms with Crippen molar-refractivity contribution in [3.05, 3.63) is 76.3 Å². The van der Waals surface area contributed by atoms with E-state index in [1.807, 2.05) is 60.7 Å². The van der Waals surface area contributed by atoms with Crippen molar-refractivity contribution in [3.63, 3.8) is 0 Å². The minimum atomic E-state index is -0.576. The molecule has 86 valence electrons. The Morgan fingerprint density at radius 1 is 1.00 bits per heavy atom. The van der Waals surface area contributed by atoms with Gasteiger partial charge in [0.05, 0.1) is 6.10 Å². The highest BCUT2D eigenvalue weighted by molar-refractivity contribution is 9.10. The first-order valence-corrected chi connectivity index (χ1v) is 6.22. The van der Waals surface area contributed by atoms with Crippen LogP contribution >= 0.6 is 15.9 Å². The summed E-state index contributed by atoms with van der Waals surface area (Å²) in [5, 5.41) is 10.00. The number of aliphatic hydroxyl groups excluding tert-OH is 1. The van der Waals surface area contributed by atoms with Gasteiger partial charge in [-0.25, -0.2) is 0 Å². The van der Waals surface area contributed by atoms with Crippen LogP contribution in [0.3, 0.4) is 0 Å². The predicted molar refractivity (Wildman–Crippen MR) is 74.6 cm³/mol. The minimum absolute atomic E-state index is 0.576. The summed E-state index contributed by atoms with van der Waals surface area (Å²) in [6.07, 6.45) is 3.13. The highest BCUT2D eigenvalue weighted by Crippen LogP contribution is 2.19. The third kappa shape index (κ3) is 3.55. The molecule has 0 saturated heterocycles. The van der Waals surface area contributed by atoms with Crippen LogP contribution in [0.4, 0.5) is 0 Å². The molecule has 2 aromatic carbocycles. The third-order valence-electron chi connectivity index (χ3n) is 2.46. The van der Waals surface area contributed by atoms with Crippen LogP contribution in [0.2, 0.25) is 0 Å². The van der Waals surface area contributed by atoms with Crippen molar-refractivity contribution in [2.24, 2.45) is 0 Å². The Morgan fingerprint density at radius 3 is 2.47 bits per heavy atom. The summed E-state index contributed by atoms with van der Waals surface area (Å²) in [5.41, 5.74) is 1.97. The first kappa shape index (κ1) is 12.1. The average molecular weight is 289 g/mol. The Kier molecular flexibility index (Phi) is 4.13. The Labute approximate surface area is 110 Å². The zero-order chi connectivity index (χ0) is 12.1. The van der Waals surface area contributed by atoms with E-state index in [0.29, 0.717) is 0 Å². The molecule has 1 atom stereocenters. The molecule has 2 aromatic rings. The van der Waals surface area contributed by atoms with Gasteiger partial charge in [-0.15, -0.1) is 0 Å². The summed E-state index contributed by atoms with van der Waals surface area (Å²) in [6, 6.07) is 17.6. The van der Waals surface area contributed by atoms with Crippen LogP contribution < -0.4 is 0 Å². The van der Waals surface area contributed by atoms with Crippen LogP contribution in [0.25, 0.3) is 6.08 Å². The summed E-state index contributed by atoms with van der Waals surface area (Å²) >= 11 is 3.39. The maximum absolute atomic E-state index is 10.00. The van der Waals surface area contributed by atoms with Crippen molar-refractivity contribution in [1.82, 2.24) is 0 Å². The second-order valence-electron chi connectivity index (χ2n) is 3.77. The van der Waals surface area contributed by atoms with Crippen LogP contribution in [-0.2, 0) is 0 Å². The van der Waals surface area contributed by atoms with E-state index in [2.05, 4.69) is 15.9 Å². The lowest BCUT2D eigenvalue weighted by Crippen LogP contribution is -1.92. The standard InChI is InChI=1S/C15H13BrO/c16-14-8-4-7-13(11-14)15(17)10-9-12-5-2-1-3-6-12/h1-11,15,17H/b10-9+/t15-/m0/s1. The average Bonchev–Trinajstić information content (AvgIpc) is 2.37. The molecule has 0 unspecified atom stereocenters. The zero-order valence-corrected chi connectivity index (χ0v) is 10.8. The van der Waals surface area contributed by atoms with Gasteiger partial charge in [0, 0.05) is 4.47 Å². The van der Waals surface area contributed by atoms with Gasteiger partial charge in [-0.1, -0.05) is 70.5 Å². The maximum atomic E-state index is 10.00. The number of aliphatic hydroxyl groups is 1. The van der Waals surface area contributed by atoms with E-state index in [-0.39, 0.29) is 0 Å². The molecule has 1 N–H and O–H groups in total. The Bertz CT molecular complexity index is 505. The molecule has 2 rings (SSSR count). The van der Waals surface area contributed by atoms with Gasteiger partial charge in [0.2, 0.25) is 0 Å². The van der Waals surface area contributed by atoms with E-state index in [1.54, 1.807) is 6.08 Å². The SMILES string of the molecule is O[C@@H](/C=C/c1ccccc1)c1cccc(Br)c1. The fourth-order valence-corrected chi connectivity index (χ4v) is 1.99. The molecule has 0 bridgehead atoms. The summed E-state index contributed by atoms with van der Waals surface area (Å²) in [6.45, 7) is 0. The minimum Gasteiger partial charge on any atom is -0.384 e. The van der Waals surface area contributed by atoms with Crippen molar-refractivity contribution in [3.8, 4) is 0 Å². The number of benzene rings is 2. The quantitative estimate of drug-likeness (QED) is 0.898. The van der Waals surface area contributed by atoms with Crippen molar-refractivity contribution >= 4 is 22.0 Å². The number of halogens is 1. The molecule has 0 amide bonds.